The first kappa shape index (κ1) is 14.8. The maximum atomic E-state index is 2.35. The molecule has 0 amide bonds. The van der Waals surface area contributed by atoms with Gasteiger partial charge < -0.3 is 0 Å². The molecule has 0 N–H and O–H groups in total. The largest absolute Gasteiger partial charge is 0.0882 e. The molecule has 2 rings (SSSR count). The van der Waals surface area contributed by atoms with E-state index in [1.54, 1.807) is 0 Å². The van der Waals surface area contributed by atoms with Gasteiger partial charge in [-0.1, -0.05) is 87.2 Å². The van der Waals surface area contributed by atoms with Crippen LogP contribution in [-0.4, -0.2) is 0 Å². The van der Waals surface area contributed by atoms with Gasteiger partial charge in [0.25, 0.3) is 0 Å². The van der Waals surface area contributed by atoms with E-state index in [-0.39, 0.29) is 0 Å². The highest BCUT2D eigenvalue weighted by molar-refractivity contribution is 5.83. The van der Waals surface area contributed by atoms with Crippen LogP contribution in [0.3, 0.4) is 0 Å². The molecule has 0 heterocycles. The molecule has 106 valence electrons. The summed E-state index contributed by atoms with van der Waals surface area (Å²) >= 11 is 0. The van der Waals surface area contributed by atoms with E-state index in [0.29, 0.717) is 0 Å². The molecule has 2 aromatic carbocycles. The van der Waals surface area contributed by atoms with Crippen LogP contribution in [0.4, 0.5) is 0 Å². The number of allylic oxidation sites excluding steroid dienone is 2. The maximum absolute atomic E-state index is 2.35. The van der Waals surface area contributed by atoms with E-state index in [9.17, 15) is 0 Å². The van der Waals surface area contributed by atoms with Gasteiger partial charge in [0.1, 0.15) is 0 Å². The van der Waals surface area contributed by atoms with Gasteiger partial charge in [0, 0.05) is 0 Å². The molecule has 0 aliphatic carbocycles. The van der Waals surface area contributed by atoms with Crippen molar-refractivity contribution in [2.75, 3.05) is 0 Å². The summed E-state index contributed by atoms with van der Waals surface area (Å²) in [6.07, 6.45) is 13.8. The van der Waals surface area contributed by atoms with Gasteiger partial charge in [-0.05, 0) is 35.6 Å². The van der Waals surface area contributed by atoms with Gasteiger partial charge >= 0.3 is 0 Å². The van der Waals surface area contributed by atoms with Crippen molar-refractivity contribution in [2.24, 2.45) is 0 Å². The lowest BCUT2D eigenvalue weighted by molar-refractivity contribution is 0.637. The summed E-state index contributed by atoms with van der Waals surface area (Å²) in [5, 5.41) is 2.68. The molecule has 0 saturated carbocycles. The van der Waals surface area contributed by atoms with E-state index in [1.807, 2.05) is 0 Å². The molecule has 0 heteroatoms. The molecule has 0 aliphatic heterocycles. The fourth-order valence-corrected chi connectivity index (χ4v) is 2.57. The van der Waals surface area contributed by atoms with Crippen molar-refractivity contribution in [3.8, 4) is 0 Å². The number of benzene rings is 2. The summed E-state index contributed by atoms with van der Waals surface area (Å²) < 4.78 is 0. The van der Waals surface area contributed by atoms with Gasteiger partial charge in [-0.25, -0.2) is 0 Å². The number of fused-ring (bicyclic) bond motifs is 1. The fourth-order valence-electron chi connectivity index (χ4n) is 2.57. The Hall–Kier alpha value is -1.56. The molecule has 0 radical (unpaired) electrons. The second kappa shape index (κ2) is 8.58. The smallest absolute Gasteiger partial charge is 0.00972 e. The molecule has 0 saturated heterocycles. The Morgan fingerprint density at radius 1 is 0.800 bits per heavy atom. The SMILES string of the molecule is CCCCCCC/C=C/Cc1ccc2ccccc2c1. The monoisotopic (exact) mass is 266 g/mol. The third-order valence-electron chi connectivity index (χ3n) is 3.81. The first-order valence-corrected chi connectivity index (χ1v) is 8.03. The Kier molecular flexibility index (Phi) is 6.37. The van der Waals surface area contributed by atoms with E-state index < -0.39 is 0 Å². The Balaban J connectivity index is 1.75. The number of hydrogen-bond acceptors (Lipinski definition) is 0. The van der Waals surface area contributed by atoms with Crippen LogP contribution in [0.5, 0.6) is 0 Å². The van der Waals surface area contributed by atoms with Gasteiger partial charge in [-0.3, -0.25) is 0 Å². The maximum Gasteiger partial charge on any atom is -0.00972 e. The fraction of sp³-hybridized carbons (Fsp3) is 0.400. The van der Waals surface area contributed by atoms with Crippen LogP contribution in [0.1, 0.15) is 51.0 Å². The second-order valence-electron chi connectivity index (χ2n) is 5.56. The zero-order valence-corrected chi connectivity index (χ0v) is 12.6. The third kappa shape index (κ3) is 4.85. The number of unbranched alkanes of at least 4 members (excludes halogenated alkanes) is 5. The quantitative estimate of drug-likeness (QED) is 0.388. The molecular formula is C20H26. The van der Waals surface area contributed by atoms with Crippen molar-refractivity contribution in [3.05, 3.63) is 60.2 Å². The lowest BCUT2D eigenvalue weighted by atomic mass is 10.0. The molecule has 0 atom stereocenters. The highest BCUT2D eigenvalue weighted by Crippen LogP contribution is 2.16. The number of rotatable bonds is 8. The number of hydrogen-bond donors (Lipinski definition) is 0. The molecule has 0 bridgehead atoms. The van der Waals surface area contributed by atoms with Crippen molar-refractivity contribution in [1.82, 2.24) is 0 Å². The highest BCUT2D eigenvalue weighted by atomic mass is 14.0. The Morgan fingerprint density at radius 3 is 2.45 bits per heavy atom. The normalized spacial score (nSPS) is 11.4. The van der Waals surface area contributed by atoms with Crippen LogP contribution in [0.15, 0.2) is 54.6 Å². The van der Waals surface area contributed by atoms with Crippen molar-refractivity contribution >= 4 is 10.8 Å². The Morgan fingerprint density at radius 2 is 1.60 bits per heavy atom. The summed E-state index contributed by atoms with van der Waals surface area (Å²) in [7, 11) is 0. The molecular weight excluding hydrogens is 240 g/mol. The zero-order valence-electron chi connectivity index (χ0n) is 12.6. The molecule has 0 spiro atoms. The minimum atomic E-state index is 1.06. The Bertz CT molecular complexity index is 536. The minimum Gasteiger partial charge on any atom is -0.0882 e. The topological polar surface area (TPSA) is 0 Å². The van der Waals surface area contributed by atoms with E-state index in [0.717, 1.165) is 6.42 Å². The zero-order chi connectivity index (χ0) is 14.0. The molecule has 2 aromatic rings. The molecule has 0 fully saturated rings. The van der Waals surface area contributed by atoms with E-state index in [1.165, 1.54) is 54.9 Å². The first-order valence-electron chi connectivity index (χ1n) is 8.03. The van der Waals surface area contributed by atoms with Crippen molar-refractivity contribution in [2.45, 2.75) is 51.9 Å². The average molecular weight is 266 g/mol. The van der Waals surface area contributed by atoms with Crippen LogP contribution in [-0.2, 0) is 6.42 Å². The molecule has 20 heavy (non-hydrogen) atoms. The van der Waals surface area contributed by atoms with Crippen molar-refractivity contribution in [1.29, 1.82) is 0 Å². The average Bonchev–Trinajstić information content (AvgIpc) is 2.50. The predicted molar refractivity (Wildman–Crippen MR) is 90.2 cm³/mol. The van der Waals surface area contributed by atoms with Crippen molar-refractivity contribution < 1.29 is 0 Å². The van der Waals surface area contributed by atoms with Gasteiger partial charge in [0.05, 0.1) is 0 Å². The van der Waals surface area contributed by atoms with Gasteiger partial charge in [0.15, 0.2) is 0 Å². The van der Waals surface area contributed by atoms with Crippen molar-refractivity contribution in [3.63, 3.8) is 0 Å². The summed E-state index contributed by atoms with van der Waals surface area (Å²) in [5.41, 5.74) is 1.41. The third-order valence-corrected chi connectivity index (χ3v) is 3.81. The van der Waals surface area contributed by atoms with E-state index in [4.69, 9.17) is 0 Å². The van der Waals surface area contributed by atoms with Crippen LogP contribution in [0, 0.1) is 0 Å². The van der Waals surface area contributed by atoms with Gasteiger partial charge in [-0.15, -0.1) is 0 Å². The van der Waals surface area contributed by atoms with Crippen LogP contribution >= 0.6 is 0 Å². The van der Waals surface area contributed by atoms with E-state index in [2.05, 4.69) is 61.5 Å². The first-order chi connectivity index (χ1) is 9.90. The summed E-state index contributed by atoms with van der Waals surface area (Å²) in [6.45, 7) is 2.27. The lowest BCUT2D eigenvalue weighted by Gasteiger charge is -2.01. The van der Waals surface area contributed by atoms with Gasteiger partial charge in [-0.2, -0.15) is 0 Å². The molecule has 0 aliphatic rings. The minimum absolute atomic E-state index is 1.06. The highest BCUT2D eigenvalue weighted by Gasteiger charge is 1.94. The summed E-state index contributed by atoms with van der Waals surface area (Å²) in [4.78, 5) is 0. The second-order valence-corrected chi connectivity index (χ2v) is 5.56. The standard InChI is InChI=1S/C20H26/c1-2-3-4-5-6-7-8-9-12-18-15-16-19-13-10-11-14-20(19)17-18/h8-11,13-17H,2-7,12H2,1H3/b9-8+. The van der Waals surface area contributed by atoms with Crippen LogP contribution in [0.2, 0.25) is 0 Å². The summed E-state index contributed by atoms with van der Waals surface area (Å²) in [6, 6.07) is 15.3. The Labute approximate surface area is 123 Å². The summed E-state index contributed by atoms with van der Waals surface area (Å²) in [5.74, 6) is 0. The predicted octanol–water partition coefficient (Wildman–Crippen LogP) is 6.30. The molecule has 0 nitrogen and oxygen atoms in total. The lowest BCUT2D eigenvalue weighted by Crippen LogP contribution is -1.82. The molecule has 0 unspecified atom stereocenters. The molecule has 0 aromatic heterocycles. The van der Waals surface area contributed by atoms with Crippen LogP contribution < -0.4 is 0 Å². The van der Waals surface area contributed by atoms with Crippen LogP contribution in [0.25, 0.3) is 10.8 Å². The van der Waals surface area contributed by atoms with Gasteiger partial charge in [0.2, 0.25) is 0 Å². The van der Waals surface area contributed by atoms with E-state index >= 15 is 0 Å².